The number of nitrogens with zero attached hydrogens (tertiary/aromatic N) is 3. The second kappa shape index (κ2) is 7.49. The molecule has 6 rings (SSSR count). The molecule has 4 bridgehead atoms. The number of carbonyl (C=O) groups excluding carboxylic acids is 1. The van der Waals surface area contributed by atoms with Crippen molar-refractivity contribution in [3.8, 4) is 11.4 Å². The van der Waals surface area contributed by atoms with Crippen LogP contribution >= 0.6 is 11.8 Å². The zero-order chi connectivity index (χ0) is 20.0. The number of thioether (sulfide) groups is 1. The van der Waals surface area contributed by atoms with Gasteiger partial charge >= 0.3 is 0 Å². The molecule has 0 spiro atoms. The molecule has 0 aliphatic heterocycles. The van der Waals surface area contributed by atoms with Crippen LogP contribution in [0.2, 0.25) is 0 Å². The molecule has 4 aliphatic rings. The Morgan fingerprint density at radius 2 is 1.93 bits per heavy atom. The van der Waals surface area contributed by atoms with E-state index in [1.54, 1.807) is 6.26 Å². The summed E-state index contributed by atoms with van der Waals surface area (Å²) in [4.78, 5) is 12.6. The van der Waals surface area contributed by atoms with Crippen LogP contribution in [0.3, 0.4) is 0 Å². The molecule has 0 radical (unpaired) electrons. The fraction of sp³-hybridized carbons (Fsp3) is 0.682. The zero-order valence-electron chi connectivity index (χ0n) is 17.3. The molecule has 2 heterocycles. The molecule has 0 aromatic carbocycles. The number of furan rings is 1. The van der Waals surface area contributed by atoms with E-state index in [9.17, 15) is 4.79 Å². The maximum Gasteiger partial charge on any atom is 0.230 e. The highest BCUT2D eigenvalue weighted by atomic mass is 32.2. The minimum Gasteiger partial charge on any atom is -0.469 e. The summed E-state index contributed by atoms with van der Waals surface area (Å²) < 4.78 is 7.46. The zero-order valence-corrected chi connectivity index (χ0v) is 18.1. The van der Waals surface area contributed by atoms with E-state index in [2.05, 4.69) is 27.0 Å². The predicted octanol–water partition coefficient (Wildman–Crippen LogP) is 4.29. The summed E-state index contributed by atoms with van der Waals surface area (Å²) in [5.41, 5.74) is 1.34. The van der Waals surface area contributed by atoms with Gasteiger partial charge in [-0.2, -0.15) is 0 Å². The first-order chi connectivity index (χ1) is 14.0. The fourth-order valence-electron chi connectivity index (χ4n) is 6.47. The molecular formula is C22H30N4O2S. The fourth-order valence-corrected chi connectivity index (χ4v) is 7.30. The number of hydrogen-bond acceptors (Lipinski definition) is 5. The third kappa shape index (κ3) is 3.62. The SMILES string of the molecule is CCn1c(SCC(=O)NCC23CC4CC(CC(C4)C2)C3)nnc1-c1ccoc1C. The maximum absolute atomic E-state index is 12.6. The first-order valence-corrected chi connectivity index (χ1v) is 11.9. The van der Waals surface area contributed by atoms with E-state index in [0.29, 0.717) is 11.2 Å². The quantitative estimate of drug-likeness (QED) is 0.684. The maximum atomic E-state index is 12.6. The topological polar surface area (TPSA) is 73.0 Å². The van der Waals surface area contributed by atoms with Crippen molar-refractivity contribution in [2.45, 2.75) is 64.1 Å². The van der Waals surface area contributed by atoms with Gasteiger partial charge in [-0.1, -0.05) is 11.8 Å². The van der Waals surface area contributed by atoms with Crippen LogP contribution in [-0.4, -0.2) is 33.0 Å². The van der Waals surface area contributed by atoms with Crippen molar-refractivity contribution >= 4 is 17.7 Å². The van der Waals surface area contributed by atoms with E-state index >= 15 is 0 Å². The first kappa shape index (κ1) is 19.2. The normalized spacial score (nSPS) is 30.1. The van der Waals surface area contributed by atoms with Crippen LogP contribution < -0.4 is 5.32 Å². The van der Waals surface area contributed by atoms with Gasteiger partial charge in [-0.05, 0) is 81.6 Å². The predicted molar refractivity (Wildman–Crippen MR) is 112 cm³/mol. The largest absolute Gasteiger partial charge is 0.469 e. The van der Waals surface area contributed by atoms with Crippen LogP contribution in [0.25, 0.3) is 11.4 Å². The van der Waals surface area contributed by atoms with Crippen molar-refractivity contribution in [1.82, 2.24) is 20.1 Å². The van der Waals surface area contributed by atoms with E-state index in [1.165, 1.54) is 50.3 Å². The third-order valence-electron chi connectivity index (χ3n) is 7.29. The molecule has 7 heteroatoms. The van der Waals surface area contributed by atoms with Crippen molar-refractivity contribution in [1.29, 1.82) is 0 Å². The summed E-state index contributed by atoms with van der Waals surface area (Å²) in [6, 6.07) is 1.91. The Labute approximate surface area is 176 Å². The van der Waals surface area contributed by atoms with E-state index in [4.69, 9.17) is 4.42 Å². The number of amides is 1. The monoisotopic (exact) mass is 414 g/mol. The second-order valence-electron chi connectivity index (χ2n) is 9.42. The van der Waals surface area contributed by atoms with Crippen molar-refractivity contribution in [2.24, 2.45) is 23.2 Å². The van der Waals surface area contributed by atoms with E-state index in [1.807, 2.05) is 13.0 Å². The number of carbonyl (C=O) groups is 1. The summed E-state index contributed by atoms with van der Waals surface area (Å²) >= 11 is 1.47. The molecule has 4 fully saturated rings. The average molecular weight is 415 g/mol. The van der Waals surface area contributed by atoms with Crippen LogP contribution in [0.5, 0.6) is 0 Å². The average Bonchev–Trinajstić information content (AvgIpc) is 3.28. The number of aryl methyl sites for hydroxylation is 1. The van der Waals surface area contributed by atoms with Gasteiger partial charge in [0.15, 0.2) is 11.0 Å². The smallest absolute Gasteiger partial charge is 0.230 e. The number of aromatic nitrogens is 3. The Bertz CT molecular complexity index is 867. The van der Waals surface area contributed by atoms with E-state index in [-0.39, 0.29) is 5.91 Å². The van der Waals surface area contributed by atoms with Gasteiger partial charge in [0.2, 0.25) is 5.91 Å². The molecule has 2 aromatic heterocycles. The Hall–Kier alpha value is -1.76. The molecule has 2 aromatic rings. The lowest BCUT2D eigenvalue weighted by Gasteiger charge is -2.56. The van der Waals surface area contributed by atoms with Gasteiger partial charge in [0, 0.05) is 13.1 Å². The van der Waals surface area contributed by atoms with Crippen molar-refractivity contribution in [3.05, 3.63) is 18.1 Å². The highest BCUT2D eigenvalue weighted by Gasteiger charge is 2.50. The highest BCUT2D eigenvalue weighted by molar-refractivity contribution is 7.99. The van der Waals surface area contributed by atoms with Crippen molar-refractivity contribution in [3.63, 3.8) is 0 Å². The van der Waals surface area contributed by atoms with Crippen LogP contribution in [0.4, 0.5) is 0 Å². The third-order valence-corrected chi connectivity index (χ3v) is 8.26. The minimum atomic E-state index is 0.109. The van der Waals surface area contributed by atoms with Crippen LogP contribution in [-0.2, 0) is 11.3 Å². The van der Waals surface area contributed by atoms with Crippen LogP contribution in [0, 0.1) is 30.1 Å². The Kier molecular flexibility index (Phi) is 4.96. The minimum absolute atomic E-state index is 0.109. The van der Waals surface area contributed by atoms with Gasteiger partial charge in [0.1, 0.15) is 5.76 Å². The standard InChI is InChI=1S/C22H30N4O2S/c1-3-26-20(18-4-5-28-14(18)2)24-25-21(26)29-12-19(27)23-13-22-9-15-6-16(10-22)8-17(7-15)11-22/h4-5,15-17H,3,6-13H2,1-2H3,(H,23,27). The number of nitrogens with one attached hydrogen (secondary N) is 1. The molecule has 6 nitrogen and oxygen atoms in total. The molecule has 0 saturated heterocycles. The van der Waals surface area contributed by atoms with Gasteiger partial charge in [-0.15, -0.1) is 10.2 Å². The Morgan fingerprint density at radius 1 is 1.24 bits per heavy atom. The molecule has 4 saturated carbocycles. The molecule has 4 aliphatic carbocycles. The van der Waals surface area contributed by atoms with Gasteiger partial charge < -0.3 is 14.3 Å². The molecular weight excluding hydrogens is 384 g/mol. The molecule has 0 unspecified atom stereocenters. The lowest BCUT2D eigenvalue weighted by atomic mass is 9.49. The molecule has 156 valence electrons. The summed E-state index contributed by atoms with van der Waals surface area (Å²) in [5, 5.41) is 12.7. The lowest BCUT2D eigenvalue weighted by Crippen LogP contribution is -2.51. The molecule has 1 N–H and O–H groups in total. The number of rotatable bonds is 7. The van der Waals surface area contributed by atoms with Gasteiger partial charge in [0.25, 0.3) is 0 Å². The van der Waals surface area contributed by atoms with Gasteiger partial charge in [-0.3, -0.25) is 4.79 Å². The Morgan fingerprint density at radius 3 is 2.52 bits per heavy atom. The first-order valence-electron chi connectivity index (χ1n) is 10.9. The lowest BCUT2D eigenvalue weighted by molar-refractivity contribution is -0.120. The molecule has 29 heavy (non-hydrogen) atoms. The van der Waals surface area contributed by atoms with Crippen molar-refractivity contribution < 1.29 is 9.21 Å². The van der Waals surface area contributed by atoms with Crippen LogP contribution in [0.1, 0.15) is 51.2 Å². The molecule has 0 atom stereocenters. The van der Waals surface area contributed by atoms with Gasteiger partial charge in [-0.25, -0.2) is 0 Å². The summed E-state index contributed by atoms with van der Waals surface area (Å²) in [7, 11) is 0. The van der Waals surface area contributed by atoms with Gasteiger partial charge in [0.05, 0.1) is 17.6 Å². The Balaban J connectivity index is 1.19. The van der Waals surface area contributed by atoms with E-state index < -0.39 is 0 Å². The summed E-state index contributed by atoms with van der Waals surface area (Å²) in [5.74, 6) is 4.88. The van der Waals surface area contributed by atoms with Crippen molar-refractivity contribution in [2.75, 3.05) is 12.3 Å². The highest BCUT2D eigenvalue weighted by Crippen LogP contribution is 2.59. The second-order valence-corrected chi connectivity index (χ2v) is 10.4. The number of hydrogen-bond donors (Lipinski definition) is 1. The summed E-state index contributed by atoms with van der Waals surface area (Å²) in [6.07, 6.45) is 9.96. The van der Waals surface area contributed by atoms with E-state index in [0.717, 1.165) is 53.1 Å². The molecule has 1 amide bonds. The summed E-state index contributed by atoms with van der Waals surface area (Å²) in [6.45, 7) is 5.61. The van der Waals surface area contributed by atoms with Crippen LogP contribution in [0.15, 0.2) is 21.9 Å².